The molecule has 2 atom stereocenters. The minimum atomic E-state index is -0.238. The zero-order chi connectivity index (χ0) is 14.8. The molecule has 1 aliphatic heterocycles. The van der Waals surface area contributed by atoms with Crippen molar-refractivity contribution in [2.24, 2.45) is 5.92 Å². The van der Waals surface area contributed by atoms with Gasteiger partial charge in [0.1, 0.15) is 5.52 Å². The lowest BCUT2D eigenvalue weighted by atomic mass is 9.99. The zero-order valence-electron chi connectivity index (χ0n) is 12.3. The number of unbranched alkanes of at least 4 members (excludes halogenated alkanes) is 1. The van der Waals surface area contributed by atoms with E-state index in [2.05, 4.69) is 26.8 Å². The van der Waals surface area contributed by atoms with Crippen molar-refractivity contribution >= 4 is 11.0 Å². The second kappa shape index (κ2) is 5.99. The van der Waals surface area contributed by atoms with Crippen LogP contribution in [0.4, 0.5) is 0 Å². The van der Waals surface area contributed by atoms with Gasteiger partial charge >= 0.3 is 0 Å². The van der Waals surface area contributed by atoms with Crippen LogP contribution in [0.2, 0.25) is 0 Å². The minimum Gasteiger partial charge on any atom is -0.391 e. The SMILES string of the molecule is CCCC[C@@H]1CN(Cc2c[nH]c3c(=O)[nH]cnc23)C[C@H]1O. The fourth-order valence-electron chi connectivity index (χ4n) is 3.19. The molecule has 1 aliphatic rings. The van der Waals surface area contributed by atoms with Crippen molar-refractivity contribution < 1.29 is 5.11 Å². The summed E-state index contributed by atoms with van der Waals surface area (Å²) in [6.45, 7) is 4.51. The third kappa shape index (κ3) is 2.87. The molecule has 0 spiro atoms. The topological polar surface area (TPSA) is 85.0 Å². The summed E-state index contributed by atoms with van der Waals surface area (Å²) in [5.74, 6) is 0.367. The number of aliphatic hydroxyl groups is 1. The van der Waals surface area contributed by atoms with Gasteiger partial charge in [0.2, 0.25) is 0 Å². The van der Waals surface area contributed by atoms with Gasteiger partial charge in [0.15, 0.2) is 0 Å². The van der Waals surface area contributed by atoms with E-state index in [1.54, 1.807) is 0 Å². The number of aromatic amines is 2. The summed E-state index contributed by atoms with van der Waals surface area (Å²) in [5.41, 5.74) is 2.12. The molecule has 3 heterocycles. The van der Waals surface area contributed by atoms with E-state index in [0.29, 0.717) is 18.0 Å². The molecule has 1 saturated heterocycles. The Morgan fingerprint density at radius 3 is 3.10 bits per heavy atom. The third-order valence-electron chi connectivity index (χ3n) is 4.35. The highest BCUT2D eigenvalue weighted by Crippen LogP contribution is 2.25. The van der Waals surface area contributed by atoms with Gasteiger partial charge < -0.3 is 15.1 Å². The van der Waals surface area contributed by atoms with Crippen molar-refractivity contribution in [3.8, 4) is 0 Å². The summed E-state index contributed by atoms with van der Waals surface area (Å²) >= 11 is 0. The quantitative estimate of drug-likeness (QED) is 0.773. The maximum Gasteiger partial charge on any atom is 0.275 e. The molecule has 114 valence electrons. The van der Waals surface area contributed by atoms with Crippen molar-refractivity contribution in [1.82, 2.24) is 19.9 Å². The van der Waals surface area contributed by atoms with E-state index in [9.17, 15) is 9.90 Å². The van der Waals surface area contributed by atoms with Gasteiger partial charge in [0, 0.05) is 31.4 Å². The van der Waals surface area contributed by atoms with Gasteiger partial charge in [-0.15, -0.1) is 0 Å². The smallest absolute Gasteiger partial charge is 0.275 e. The lowest BCUT2D eigenvalue weighted by Crippen LogP contribution is -2.21. The summed E-state index contributed by atoms with van der Waals surface area (Å²) < 4.78 is 0. The molecule has 21 heavy (non-hydrogen) atoms. The van der Waals surface area contributed by atoms with Crippen LogP contribution in [0.5, 0.6) is 0 Å². The van der Waals surface area contributed by atoms with E-state index in [0.717, 1.165) is 30.6 Å². The predicted molar refractivity (Wildman–Crippen MR) is 81.0 cm³/mol. The number of β-amino-alcohol motifs (C(OH)–C–C–N with tert-alkyl or cyclic N) is 1. The minimum absolute atomic E-state index is 0.145. The highest BCUT2D eigenvalue weighted by atomic mass is 16.3. The Balaban J connectivity index is 1.72. The molecule has 0 saturated carbocycles. The second-order valence-electron chi connectivity index (χ2n) is 5.93. The normalized spacial score (nSPS) is 23.1. The Morgan fingerprint density at radius 2 is 2.29 bits per heavy atom. The molecule has 0 bridgehead atoms. The van der Waals surface area contributed by atoms with Crippen LogP contribution in [-0.4, -0.2) is 44.2 Å². The lowest BCUT2D eigenvalue weighted by Gasteiger charge is -2.14. The van der Waals surface area contributed by atoms with E-state index in [4.69, 9.17) is 0 Å². The van der Waals surface area contributed by atoms with Crippen LogP contribution in [0.25, 0.3) is 11.0 Å². The summed E-state index contributed by atoms with van der Waals surface area (Å²) in [4.78, 5) is 23.7. The molecule has 2 aromatic heterocycles. The maximum absolute atomic E-state index is 11.7. The Hall–Kier alpha value is -1.66. The fraction of sp³-hybridized carbons (Fsp3) is 0.600. The zero-order valence-corrected chi connectivity index (χ0v) is 12.3. The van der Waals surface area contributed by atoms with Crippen LogP contribution in [0.3, 0.4) is 0 Å². The highest BCUT2D eigenvalue weighted by molar-refractivity contribution is 5.77. The number of rotatable bonds is 5. The molecule has 6 nitrogen and oxygen atoms in total. The van der Waals surface area contributed by atoms with Crippen LogP contribution in [0, 0.1) is 5.92 Å². The van der Waals surface area contributed by atoms with Crippen molar-refractivity contribution in [3.05, 3.63) is 28.4 Å². The molecular formula is C15H22N4O2. The van der Waals surface area contributed by atoms with Gasteiger partial charge in [-0.1, -0.05) is 19.8 Å². The molecule has 1 fully saturated rings. The molecule has 0 aliphatic carbocycles. The standard InChI is InChI=1S/C15H22N4O2/c1-2-3-4-10-6-19(8-12(10)20)7-11-5-16-14-13(11)17-9-18-15(14)21/h5,9-10,12,16,20H,2-4,6-8H2,1H3,(H,17,18,21)/t10-,12-/m1/s1. The van der Waals surface area contributed by atoms with Gasteiger partial charge in [-0.2, -0.15) is 0 Å². The molecule has 0 radical (unpaired) electrons. The first-order chi connectivity index (χ1) is 10.2. The van der Waals surface area contributed by atoms with E-state index < -0.39 is 0 Å². The first kappa shape index (κ1) is 14.3. The average Bonchev–Trinajstić information content (AvgIpc) is 3.02. The number of fused-ring (bicyclic) bond motifs is 1. The van der Waals surface area contributed by atoms with Crippen LogP contribution in [0.15, 0.2) is 17.3 Å². The van der Waals surface area contributed by atoms with Crippen LogP contribution in [-0.2, 0) is 6.54 Å². The Kier molecular flexibility index (Phi) is 4.07. The molecule has 3 rings (SSSR count). The van der Waals surface area contributed by atoms with Gasteiger partial charge in [-0.3, -0.25) is 9.69 Å². The van der Waals surface area contributed by atoms with E-state index in [1.807, 2.05) is 6.20 Å². The van der Waals surface area contributed by atoms with Crippen molar-refractivity contribution in [2.75, 3.05) is 13.1 Å². The number of nitrogens with one attached hydrogen (secondary N) is 2. The molecule has 0 aromatic carbocycles. The number of aromatic nitrogens is 3. The predicted octanol–water partition coefficient (Wildman–Crippen LogP) is 1.23. The van der Waals surface area contributed by atoms with E-state index in [-0.39, 0.29) is 11.7 Å². The molecule has 0 amide bonds. The molecular weight excluding hydrogens is 268 g/mol. The molecule has 3 N–H and O–H groups in total. The summed E-state index contributed by atoms with van der Waals surface area (Å²) in [6.07, 6.45) is 6.46. The lowest BCUT2D eigenvalue weighted by molar-refractivity contribution is 0.136. The summed E-state index contributed by atoms with van der Waals surface area (Å²) in [6, 6.07) is 0. The molecule has 6 heteroatoms. The van der Waals surface area contributed by atoms with Gasteiger partial charge in [0.05, 0.1) is 17.9 Å². The first-order valence-electron chi connectivity index (χ1n) is 7.63. The van der Waals surface area contributed by atoms with Gasteiger partial charge in [-0.25, -0.2) is 4.98 Å². The number of aliphatic hydroxyl groups excluding tert-OH is 1. The van der Waals surface area contributed by atoms with Crippen LogP contribution < -0.4 is 5.56 Å². The number of hydrogen-bond donors (Lipinski definition) is 3. The Morgan fingerprint density at radius 1 is 1.43 bits per heavy atom. The van der Waals surface area contributed by atoms with Crippen molar-refractivity contribution in [3.63, 3.8) is 0 Å². The van der Waals surface area contributed by atoms with Crippen molar-refractivity contribution in [1.29, 1.82) is 0 Å². The van der Waals surface area contributed by atoms with Crippen molar-refractivity contribution in [2.45, 2.75) is 38.8 Å². The van der Waals surface area contributed by atoms with Gasteiger partial charge in [-0.05, 0) is 12.3 Å². The summed E-state index contributed by atoms with van der Waals surface area (Å²) in [7, 11) is 0. The number of likely N-dealkylation sites (tertiary alicyclic amines) is 1. The highest BCUT2D eigenvalue weighted by Gasteiger charge is 2.30. The summed E-state index contributed by atoms with van der Waals surface area (Å²) in [5, 5.41) is 10.2. The van der Waals surface area contributed by atoms with Crippen LogP contribution >= 0.6 is 0 Å². The van der Waals surface area contributed by atoms with Gasteiger partial charge in [0.25, 0.3) is 5.56 Å². The first-order valence-corrected chi connectivity index (χ1v) is 7.63. The molecule has 0 unspecified atom stereocenters. The van der Waals surface area contributed by atoms with Crippen LogP contribution in [0.1, 0.15) is 31.7 Å². The monoisotopic (exact) mass is 290 g/mol. The maximum atomic E-state index is 11.7. The number of nitrogens with zero attached hydrogens (tertiary/aromatic N) is 2. The Bertz CT molecular complexity index is 663. The number of H-pyrrole nitrogens is 2. The number of hydrogen-bond acceptors (Lipinski definition) is 4. The fourth-order valence-corrected chi connectivity index (χ4v) is 3.19. The average molecular weight is 290 g/mol. The molecule has 2 aromatic rings. The van der Waals surface area contributed by atoms with E-state index >= 15 is 0 Å². The Labute approximate surface area is 123 Å². The second-order valence-corrected chi connectivity index (χ2v) is 5.93. The van der Waals surface area contributed by atoms with E-state index in [1.165, 1.54) is 19.2 Å². The largest absolute Gasteiger partial charge is 0.391 e. The third-order valence-corrected chi connectivity index (χ3v) is 4.35.